The van der Waals surface area contributed by atoms with Gasteiger partial charge in [0.1, 0.15) is 5.01 Å². The molecule has 1 aromatic carbocycles. The molecule has 0 aliphatic carbocycles. The number of hydrogen-bond donors (Lipinski definition) is 1. The summed E-state index contributed by atoms with van der Waals surface area (Å²) in [5, 5.41) is 4.65. The lowest BCUT2D eigenvalue weighted by Crippen LogP contribution is -2.44. The van der Waals surface area contributed by atoms with Gasteiger partial charge in [0.25, 0.3) is 0 Å². The minimum absolute atomic E-state index is 0.0658. The van der Waals surface area contributed by atoms with Crippen molar-refractivity contribution in [3.63, 3.8) is 0 Å². The molecule has 3 rings (SSSR count). The lowest BCUT2D eigenvalue weighted by molar-refractivity contribution is 0.0842. The Morgan fingerprint density at radius 3 is 2.89 bits per heavy atom. The first-order valence-corrected chi connectivity index (χ1v) is 10.5. The van der Waals surface area contributed by atoms with Gasteiger partial charge in [0.05, 0.1) is 29.3 Å². The van der Waals surface area contributed by atoms with Gasteiger partial charge in [-0.15, -0.1) is 17.8 Å². The SMILES string of the molecule is C#CCN(C[C@@H]1CCCO1)C(=O)N[C@@H](C)c1sc(-c2ccc(Cl)cc2)nc1C. The molecule has 1 fully saturated rings. The molecule has 0 spiro atoms. The van der Waals surface area contributed by atoms with Crippen molar-refractivity contribution in [3.8, 4) is 22.9 Å². The van der Waals surface area contributed by atoms with E-state index in [-0.39, 0.29) is 24.7 Å². The summed E-state index contributed by atoms with van der Waals surface area (Å²) in [4.78, 5) is 20.1. The molecule has 1 aliphatic heterocycles. The Morgan fingerprint density at radius 1 is 1.50 bits per heavy atom. The molecule has 2 aromatic rings. The zero-order valence-electron chi connectivity index (χ0n) is 16.1. The quantitative estimate of drug-likeness (QED) is 0.695. The van der Waals surface area contributed by atoms with Gasteiger partial charge in [-0.3, -0.25) is 0 Å². The minimum atomic E-state index is -0.179. The average molecular weight is 418 g/mol. The molecule has 0 unspecified atom stereocenters. The predicted molar refractivity (Wildman–Crippen MR) is 114 cm³/mol. The topological polar surface area (TPSA) is 54.5 Å². The number of ether oxygens (including phenoxy) is 1. The maximum Gasteiger partial charge on any atom is 0.318 e. The summed E-state index contributed by atoms with van der Waals surface area (Å²) in [7, 11) is 0. The van der Waals surface area contributed by atoms with Crippen LogP contribution in [0.5, 0.6) is 0 Å². The number of nitrogens with one attached hydrogen (secondary N) is 1. The van der Waals surface area contributed by atoms with Crippen molar-refractivity contribution in [2.75, 3.05) is 19.7 Å². The summed E-state index contributed by atoms with van der Waals surface area (Å²) in [6, 6.07) is 7.24. The number of benzene rings is 1. The Hall–Kier alpha value is -2.07. The third-order valence-corrected chi connectivity index (χ3v) is 6.32. The fraction of sp³-hybridized carbons (Fsp3) is 0.429. The second-order valence-corrected chi connectivity index (χ2v) is 8.33. The number of urea groups is 1. The van der Waals surface area contributed by atoms with Gasteiger partial charge in [-0.2, -0.15) is 0 Å². The largest absolute Gasteiger partial charge is 0.376 e. The number of carbonyl (C=O) groups is 1. The summed E-state index contributed by atoms with van der Waals surface area (Å²) in [5.74, 6) is 2.57. The molecule has 7 heteroatoms. The van der Waals surface area contributed by atoms with Crippen LogP contribution >= 0.6 is 22.9 Å². The van der Waals surface area contributed by atoms with E-state index in [9.17, 15) is 4.79 Å². The standard InChI is InChI=1S/C21H24ClN3O2S/c1-4-11-25(13-18-6-5-12-27-18)21(26)24-15(3)19-14(2)23-20(28-19)16-7-9-17(22)10-8-16/h1,7-10,15,18H,5-6,11-13H2,2-3H3,(H,24,26)/t15-,18-/m0/s1. The van der Waals surface area contributed by atoms with Crippen LogP contribution in [-0.4, -0.2) is 41.7 Å². The summed E-state index contributed by atoms with van der Waals surface area (Å²) < 4.78 is 5.64. The Bertz CT molecular complexity index is 854. The summed E-state index contributed by atoms with van der Waals surface area (Å²) >= 11 is 7.54. The fourth-order valence-corrected chi connectivity index (χ4v) is 4.43. The Morgan fingerprint density at radius 2 is 2.25 bits per heavy atom. The maximum atomic E-state index is 12.8. The molecule has 2 heterocycles. The lowest BCUT2D eigenvalue weighted by Gasteiger charge is -2.25. The van der Waals surface area contributed by atoms with Crippen molar-refractivity contribution < 1.29 is 9.53 Å². The van der Waals surface area contributed by atoms with Crippen molar-refractivity contribution >= 4 is 29.0 Å². The highest BCUT2D eigenvalue weighted by atomic mass is 35.5. The smallest absolute Gasteiger partial charge is 0.318 e. The van der Waals surface area contributed by atoms with E-state index < -0.39 is 0 Å². The highest BCUT2D eigenvalue weighted by Crippen LogP contribution is 2.32. The van der Waals surface area contributed by atoms with Crippen LogP contribution in [0.1, 0.15) is 36.4 Å². The number of rotatable bonds is 6. The maximum absolute atomic E-state index is 12.8. The number of terminal acetylenes is 1. The van der Waals surface area contributed by atoms with Crippen LogP contribution in [0.2, 0.25) is 5.02 Å². The van der Waals surface area contributed by atoms with Crippen LogP contribution in [-0.2, 0) is 4.74 Å². The first-order chi connectivity index (χ1) is 13.5. The van der Waals surface area contributed by atoms with E-state index in [1.807, 2.05) is 38.1 Å². The molecule has 28 heavy (non-hydrogen) atoms. The third kappa shape index (κ3) is 5.05. The zero-order valence-corrected chi connectivity index (χ0v) is 17.6. The van der Waals surface area contributed by atoms with Gasteiger partial charge >= 0.3 is 6.03 Å². The molecular weight excluding hydrogens is 394 g/mol. The lowest BCUT2D eigenvalue weighted by atomic mass is 10.2. The first kappa shape index (κ1) is 20.7. The van der Waals surface area contributed by atoms with Crippen molar-refractivity contribution in [1.29, 1.82) is 0 Å². The third-order valence-electron chi connectivity index (χ3n) is 4.67. The van der Waals surface area contributed by atoms with Crippen LogP contribution in [0.25, 0.3) is 10.6 Å². The van der Waals surface area contributed by atoms with Gasteiger partial charge < -0.3 is 15.0 Å². The van der Waals surface area contributed by atoms with Gasteiger partial charge in [-0.05, 0) is 38.8 Å². The van der Waals surface area contributed by atoms with Gasteiger partial charge in [0, 0.05) is 23.7 Å². The highest BCUT2D eigenvalue weighted by molar-refractivity contribution is 7.15. The van der Waals surface area contributed by atoms with Crippen molar-refractivity contribution in [1.82, 2.24) is 15.2 Å². The molecule has 0 bridgehead atoms. The van der Waals surface area contributed by atoms with E-state index in [1.54, 1.807) is 16.2 Å². The van der Waals surface area contributed by atoms with Crippen molar-refractivity contribution in [3.05, 3.63) is 39.9 Å². The summed E-state index contributed by atoms with van der Waals surface area (Å²) in [6.07, 6.45) is 7.51. The number of nitrogens with zero attached hydrogens (tertiary/aromatic N) is 2. The predicted octanol–water partition coefficient (Wildman–Crippen LogP) is 4.66. The van der Waals surface area contributed by atoms with Gasteiger partial charge in [0.15, 0.2) is 0 Å². The van der Waals surface area contributed by atoms with Crippen LogP contribution < -0.4 is 5.32 Å². The Labute approximate surface area is 175 Å². The van der Waals surface area contributed by atoms with Crippen LogP contribution in [0, 0.1) is 19.3 Å². The molecule has 5 nitrogen and oxygen atoms in total. The number of aryl methyl sites for hydroxylation is 1. The minimum Gasteiger partial charge on any atom is -0.376 e. The van der Waals surface area contributed by atoms with E-state index in [0.717, 1.165) is 40.6 Å². The molecule has 0 saturated carbocycles. The molecule has 2 amide bonds. The fourth-order valence-electron chi connectivity index (χ4n) is 3.23. The zero-order chi connectivity index (χ0) is 20.1. The molecule has 1 aromatic heterocycles. The van der Waals surface area contributed by atoms with Crippen LogP contribution in [0.15, 0.2) is 24.3 Å². The number of thiazole rings is 1. The van der Waals surface area contributed by atoms with E-state index in [2.05, 4.69) is 16.2 Å². The molecule has 1 saturated heterocycles. The molecular formula is C21H24ClN3O2S. The Balaban J connectivity index is 1.68. The summed E-state index contributed by atoms with van der Waals surface area (Å²) in [5.41, 5.74) is 1.92. The monoisotopic (exact) mass is 417 g/mol. The second kappa shape index (κ2) is 9.42. The summed E-state index contributed by atoms with van der Waals surface area (Å²) in [6.45, 7) is 5.44. The van der Waals surface area contributed by atoms with Crippen molar-refractivity contribution in [2.24, 2.45) is 0 Å². The highest BCUT2D eigenvalue weighted by Gasteiger charge is 2.24. The normalized spacial score (nSPS) is 17.1. The molecule has 148 valence electrons. The van der Waals surface area contributed by atoms with Crippen molar-refractivity contribution in [2.45, 2.75) is 38.8 Å². The van der Waals surface area contributed by atoms with Crippen LogP contribution in [0.4, 0.5) is 4.79 Å². The molecule has 1 aliphatic rings. The van der Waals surface area contributed by atoms with E-state index in [0.29, 0.717) is 11.6 Å². The number of hydrogen-bond acceptors (Lipinski definition) is 4. The number of halogens is 1. The molecule has 1 N–H and O–H groups in total. The van der Waals surface area contributed by atoms with E-state index >= 15 is 0 Å². The second-order valence-electron chi connectivity index (χ2n) is 6.87. The number of aromatic nitrogens is 1. The van der Waals surface area contributed by atoms with E-state index in [1.165, 1.54) is 0 Å². The van der Waals surface area contributed by atoms with Gasteiger partial charge in [-0.25, -0.2) is 9.78 Å². The molecule has 0 radical (unpaired) electrons. The number of amides is 2. The average Bonchev–Trinajstić information content (AvgIpc) is 3.31. The van der Waals surface area contributed by atoms with Gasteiger partial charge in [0.2, 0.25) is 0 Å². The van der Waals surface area contributed by atoms with Gasteiger partial charge in [-0.1, -0.05) is 29.7 Å². The van der Waals surface area contributed by atoms with Crippen LogP contribution in [0.3, 0.4) is 0 Å². The van der Waals surface area contributed by atoms with E-state index in [4.69, 9.17) is 22.8 Å². The first-order valence-electron chi connectivity index (χ1n) is 9.31. The Kier molecular flexibility index (Phi) is 6.95. The molecule has 2 atom stereocenters. The number of carbonyl (C=O) groups excluding carboxylic acids is 1.